The second kappa shape index (κ2) is 5.55. The molecule has 108 valence electrons. The number of benzene rings is 1. The molecule has 0 saturated heterocycles. The summed E-state index contributed by atoms with van der Waals surface area (Å²) < 4.78 is 0. The minimum atomic E-state index is -0.743. The highest BCUT2D eigenvalue weighted by atomic mass is 15.0. The minimum absolute atomic E-state index is 0.158. The molecule has 0 heterocycles. The van der Waals surface area contributed by atoms with E-state index in [9.17, 15) is 0 Å². The van der Waals surface area contributed by atoms with Crippen LogP contribution in [-0.2, 0) is 0 Å². The average Bonchev–Trinajstić information content (AvgIpc) is 2.38. The number of allylic oxidation sites excluding steroid dienone is 2. The molecule has 2 heteroatoms. The van der Waals surface area contributed by atoms with E-state index in [2.05, 4.69) is 64.1 Å². The summed E-state index contributed by atoms with van der Waals surface area (Å²) in [7, 11) is 0. The quantitative estimate of drug-likeness (QED) is 0.824. The molecule has 0 amide bonds. The van der Waals surface area contributed by atoms with Crippen LogP contribution in [0, 0.1) is 11.8 Å². The molecule has 2 nitrogen and oxygen atoms in total. The van der Waals surface area contributed by atoms with Crippen LogP contribution in [0.15, 0.2) is 42.5 Å². The molecule has 2 rings (SSSR count). The molecule has 0 spiro atoms. The topological polar surface area (TPSA) is 52.0 Å². The van der Waals surface area contributed by atoms with Crippen molar-refractivity contribution < 1.29 is 0 Å². The second-order valence-electron chi connectivity index (χ2n) is 6.51. The van der Waals surface area contributed by atoms with Crippen molar-refractivity contribution in [3.8, 4) is 0 Å². The Kier molecular flexibility index (Phi) is 4.17. The molecule has 1 aromatic rings. The monoisotopic (exact) mass is 270 g/mol. The van der Waals surface area contributed by atoms with Gasteiger partial charge >= 0.3 is 0 Å². The molecule has 1 atom stereocenters. The van der Waals surface area contributed by atoms with Gasteiger partial charge in [0.2, 0.25) is 0 Å². The fourth-order valence-corrected chi connectivity index (χ4v) is 2.78. The van der Waals surface area contributed by atoms with Crippen LogP contribution in [0.1, 0.15) is 44.7 Å². The molecule has 0 aliphatic heterocycles. The van der Waals surface area contributed by atoms with Crippen LogP contribution in [0.4, 0.5) is 0 Å². The zero-order valence-corrected chi connectivity index (χ0v) is 12.9. The Labute approximate surface area is 122 Å². The molecule has 0 saturated carbocycles. The van der Waals surface area contributed by atoms with Gasteiger partial charge in [-0.1, -0.05) is 64.1 Å². The molecule has 0 fully saturated rings. The van der Waals surface area contributed by atoms with Crippen LogP contribution >= 0.6 is 0 Å². The highest BCUT2D eigenvalue weighted by molar-refractivity contribution is 5.76. The molecule has 1 aliphatic carbocycles. The van der Waals surface area contributed by atoms with Crippen LogP contribution < -0.4 is 11.5 Å². The van der Waals surface area contributed by atoms with E-state index in [4.69, 9.17) is 11.5 Å². The lowest BCUT2D eigenvalue weighted by molar-refractivity contribution is 0.318. The number of rotatable bonds is 3. The molecule has 1 unspecified atom stereocenters. The minimum Gasteiger partial charge on any atom is -0.310 e. The van der Waals surface area contributed by atoms with Gasteiger partial charge in [0.25, 0.3) is 0 Å². The first-order valence-electron chi connectivity index (χ1n) is 7.40. The Morgan fingerprint density at radius 3 is 2.40 bits per heavy atom. The van der Waals surface area contributed by atoms with Crippen molar-refractivity contribution in [1.29, 1.82) is 0 Å². The van der Waals surface area contributed by atoms with Crippen molar-refractivity contribution in [3.63, 3.8) is 0 Å². The largest absolute Gasteiger partial charge is 0.310 e. The van der Waals surface area contributed by atoms with Crippen LogP contribution in [0.2, 0.25) is 0 Å². The van der Waals surface area contributed by atoms with Gasteiger partial charge in [0.05, 0.1) is 5.66 Å². The summed E-state index contributed by atoms with van der Waals surface area (Å²) >= 11 is 0. The second-order valence-corrected chi connectivity index (χ2v) is 6.51. The molecule has 20 heavy (non-hydrogen) atoms. The van der Waals surface area contributed by atoms with Crippen molar-refractivity contribution >= 4 is 5.57 Å². The summed E-state index contributed by atoms with van der Waals surface area (Å²) in [6.45, 7) is 8.76. The first kappa shape index (κ1) is 15.0. The standard InChI is InChI=1S/C18H26N2/c1-12(2)14-6-5-7-15(10-14)16-8-9-18(19,20)17(11-16)13(3)4/h5-13,17H,19-20H2,1-4H3. The molecule has 0 bridgehead atoms. The van der Waals surface area contributed by atoms with Gasteiger partial charge in [-0.2, -0.15) is 0 Å². The SMILES string of the molecule is CC(C)c1cccc(C2=CC(C(C)C)C(N)(N)C=C2)c1. The van der Waals surface area contributed by atoms with E-state index in [1.165, 1.54) is 16.7 Å². The van der Waals surface area contributed by atoms with Crippen molar-refractivity contribution in [2.24, 2.45) is 23.3 Å². The van der Waals surface area contributed by atoms with Gasteiger partial charge in [0, 0.05) is 5.92 Å². The zero-order chi connectivity index (χ0) is 14.9. The van der Waals surface area contributed by atoms with Crippen LogP contribution in [0.3, 0.4) is 0 Å². The highest BCUT2D eigenvalue weighted by Gasteiger charge is 2.31. The van der Waals surface area contributed by atoms with E-state index in [1.54, 1.807) is 0 Å². The lowest BCUT2D eigenvalue weighted by Crippen LogP contribution is -2.55. The summed E-state index contributed by atoms with van der Waals surface area (Å²) in [4.78, 5) is 0. The summed E-state index contributed by atoms with van der Waals surface area (Å²) in [5, 5.41) is 0. The maximum absolute atomic E-state index is 6.19. The Bertz CT molecular complexity index is 536. The smallest absolute Gasteiger partial charge is 0.0898 e. The Balaban J connectivity index is 2.38. The molecular formula is C18H26N2. The van der Waals surface area contributed by atoms with E-state index in [-0.39, 0.29) is 5.92 Å². The van der Waals surface area contributed by atoms with Gasteiger partial charge < -0.3 is 11.5 Å². The normalized spacial score (nSPS) is 21.4. The lowest BCUT2D eigenvalue weighted by Gasteiger charge is -2.35. The predicted octanol–water partition coefficient (Wildman–Crippen LogP) is 3.65. The van der Waals surface area contributed by atoms with Gasteiger partial charge in [-0.05, 0) is 34.6 Å². The van der Waals surface area contributed by atoms with Gasteiger partial charge in [0.1, 0.15) is 0 Å². The molecule has 4 N–H and O–H groups in total. The lowest BCUT2D eigenvalue weighted by atomic mass is 9.78. The Morgan fingerprint density at radius 2 is 1.80 bits per heavy atom. The molecule has 1 aromatic carbocycles. The third-order valence-electron chi connectivity index (χ3n) is 4.09. The summed E-state index contributed by atoms with van der Waals surface area (Å²) in [5.41, 5.74) is 15.5. The Morgan fingerprint density at radius 1 is 1.10 bits per heavy atom. The van der Waals surface area contributed by atoms with Crippen molar-refractivity contribution in [2.75, 3.05) is 0 Å². The van der Waals surface area contributed by atoms with Gasteiger partial charge in [0.15, 0.2) is 0 Å². The van der Waals surface area contributed by atoms with E-state index in [0.717, 1.165) is 0 Å². The third kappa shape index (κ3) is 3.02. The number of hydrogen-bond acceptors (Lipinski definition) is 2. The van der Waals surface area contributed by atoms with E-state index in [0.29, 0.717) is 11.8 Å². The van der Waals surface area contributed by atoms with Crippen molar-refractivity contribution in [2.45, 2.75) is 39.3 Å². The van der Waals surface area contributed by atoms with Crippen molar-refractivity contribution in [3.05, 3.63) is 53.6 Å². The zero-order valence-electron chi connectivity index (χ0n) is 12.9. The third-order valence-corrected chi connectivity index (χ3v) is 4.09. The fraction of sp³-hybridized carbons (Fsp3) is 0.444. The molecule has 1 aliphatic rings. The molecule has 0 aromatic heterocycles. The fourth-order valence-electron chi connectivity index (χ4n) is 2.78. The Hall–Kier alpha value is -1.38. The van der Waals surface area contributed by atoms with Gasteiger partial charge in [-0.15, -0.1) is 0 Å². The summed E-state index contributed by atoms with van der Waals surface area (Å²) in [6, 6.07) is 8.71. The van der Waals surface area contributed by atoms with Crippen LogP contribution in [0.5, 0.6) is 0 Å². The van der Waals surface area contributed by atoms with E-state index in [1.807, 2.05) is 6.08 Å². The first-order valence-corrected chi connectivity index (χ1v) is 7.40. The maximum atomic E-state index is 6.19. The number of hydrogen-bond donors (Lipinski definition) is 2. The predicted molar refractivity (Wildman–Crippen MR) is 87.1 cm³/mol. The van der Waals surface area contributed by atoms with E-state index >= 15 is 0 Å². The first-order chi connectivity index (χ1) is 9.31. The summed E-state index contributed by atoms with van der Waals surface area (Å²) in [5.74, 6) is 1.11. The number of nitrogens with two attached hydrogens (primary N) is 2. The van der Waals surface area contributed by atoms with Crippen LogP contribution in [0.25, 0.3) is 5.57 Å². The molecule has 0 radical (unpaired) electrons. The van der Waals surface area contributed by atoms with Gasteiger partial charge in [-0.25, -0.2) is 0 Å². The molecular weight excluding hydrogens is 244 g/mol. The van der Waals surface area contributed by atoms with E-state index < -0.39 is 5.66 Å². The summed E-state index contributed by atoms with van der Waals surface area (Å²) in [6.07, 6.45) is 6.22. The van der Waals surface area contributed by atoms with Gasteiger partial charge in [-0.3, -0.25) is 0 Å². The van der Waals surface area contributed by atoms with Crippen molar-refractivity contribution in [1.82, 2.24) is 0 Å². The van der Waals surface area contributed by atoms with Crippen LogP contribution in [-0.4, -0.2) is 5.66 Å². The highest BCUT2D eigenvalue weighted by Crippen LogP contribution is 2.32. The average molecular weight is 270 g/mol. The maximum Gasteiger partial charge on any atom is 0.0898 e.